The van der Waals surface area contributed by atoms with E-state index in [0.29, 0.717) is 29.2 Å². The minimum atomic E-state index is -0.0532. The third kappa shape index (κ3) is 3.58. The van der Waals surface area contributed by atoms with Gasteiger partial charge in [-0.3, -0.25) is 0 Å². The third-order valence-electron chi connectivity index (χ3n) is 4.27. The number of nitrogens with one attached hydrogen (secondary N) is 1. The fraction of sp³-hybridized carbons (Fsp3) is 0.263. The first-order valence-corrected chi connectivity index (χ1v) is 9.90. The monoisotopic (exact) mass is 401 g/mol. The number of halogens is 1. The van der Waals surface area contributed by atoms with Gasteiger partial charge < -0.3 is 20.0 Å². The van der Waals surface area contributed by atoms with Crippen LogP contribution in [0.5, 0.6) is 0 Å². The van der Waals surface area contributed by atoms with Crippen LogP contribution < -0.4 is 11.1 Å². The number of thiophene rings is 1. The number of imidazole rings is 1. The van der Waals surface area contributed by atoms with Crippen molar-refractivity contribution >= 4 is 39.7 Å². The third-order valence-corrected chi connectivity index (χ3v) is 5.34. The van der Waals surface area contributed by atoms with Gasteiger partial charge in [0.15, 0.2) is 5.58 Å². The molecule has 0 aliphatic heterocycles. The molecule has 0 amide bonds. The Bertz CT molecular complexity index is 1070. The number of rotatable bonds is 6. The first-order valence-electron chi connectivity index (χ1n) is 8.64. The maximum absolute atomic E-state index is 6.33. The Morgan fingerprint density at radius 3 is 2.96 bits per heavy atom. The summed E-state index contributed by atoms with van der Waals surface area (Å²) in [6.45, 7) is 2.64. The average molecular weight is 402 g/mol. The molecule has 0 fully saturated rings. The second kappa shape index (κ2) is 7.34. The average Bonchev–Trinajstić information content (AvgIpc) is 3.32. The Morgan fingerprint density at radius 1 is 1.44 bits per heavy atom. The lowest BCUT2D eigenvalue weighted by atomic mass is 10.1. The van der Waals surface area contributed by atoms with E-state index in [-0.39, 0.29) is 6.04 Å². The number of fused-ring (bicyclic) bond motifs is 1. The standard InChI is InChI=1S/C19H20ClN5OS/c1-11(21)8-14-16(19-22-5-6-25(19)2)17-18(26-14)13(9-15(20)24-17)23-10-12-4-3-7-27-12/h3-7,9,11H,8,10,21H2,1-2H3,(H,23,24)/t11-/m0/s1. The van der Waals surface area contributed by atoms with Crippen molar-refractivity contribution in [3.63, 3.8) is 0 Å². The van der Waals surface area contributed by atoms with Gasteiger partial charge in [0.1, 0.15) is 22.3 Å². The number of hydrogen-bond acceptors (Lipinski definition) is 6. The van der Waals surface area contributed by atoms with Gasteiger partial charge in [0.2, 0.25) is 0 Å². The smallest absolute Gasteiger partial charge is 0.176 e. The first-order chi connectivity index (χ1) is 13.0. The molecular weight excluding hydrogens is 382 g/mol. The molecule has 3 N–H and O–H groups in total. The van der Waals surface area contributed by atoms with E-state index in [1.54, 1.807) is 23.6 Å². The number of furan rings is 1. The van der Waals surface area contributed by atoms with E-state index in [4.69, 9.17) is 21.8 Å². The van der Waals surface area contributed by atoms with E-state index in [1.807, 2.05) is 30.8 Å². The number of aromatic nitrogens is 3. The van der Waals surface area contributed by atoms with Crippen molar-refractivity contribution in [3.8, 4) is 11.4 Å². The largest absolute Gasteiger partial charge is 0.456 e. The van der Waals surface area contributed by atoms with E-state index < -0.39 is 0 Å². The van der Waals surface area contributed by atoms with Crippen molar-refractivity contribution in [2.75, 3.05) is 5.32 Å². The molecule has 4 rings (SSSR count). The van der Waals surface area contributed by atoms with Crippen LogP contribution in [-0.4, -0.2) is 20.6 Å². The molecule has 4 aromatic rings. The van der Waals surface area contributed by atoms with Gasteiger partial charge in [-0.15, -0.1) is 11.3 Å². The SMILES string of the molecule is C[C@H](N)Cc1oc2c(NCc3cccs3)cc(Cl)nc2c1-c1nccn1C. The fourth-order valence-corrected chi connectivity index (χ4v) is 3.92. The highest BCUT2D eigenvalue weighted by Gasteiger charge is 2.23. The molecular formula is C19H20ClN5OS. The van der Waals surface area contributed by atoms with Gasteiger partial charge in [0, 0.05) is 49.4 Å². The van der Waals surface area contributed by atoms with Gasteiger partial charge in [0.25, 0.3) is 0 Å². The zero-order valence-electron chi connectivity index (χ0n) is 15.1. The molecule has 0 radical (unpaired) electrons. The summed E-state index contributed by atoms with van der Waals surface area (Å²) in [4.78, 5) is 10.3. The summed E-state index contributed by atoms with van der Waals surface area (Å²) < 4.78 is 8.17. The zero-order valence-corrected chi connectivity index (χ0v) is 16.6. The highest BCUT2D eigenvalue weighted by molar-refractivity contribution is 7.09. The molecule has 140 valence electrons. The van der Waals surface area contributed by atoms with Gasteiger partial charge in [0.05, 0.1) is 11.3 Å². The number of aryl methyl sites for hydroxylation is 1. The van der Waals surface area contributed by atoms with Crippen LogP contribution in [0.1, 0.15) is 17.6 Å². The molecule has 6 nitrogen and oxygen atoms in total. The maximum Gasteiger partial charge on any atom is 0.176 e. The Labute approximate surface area is 166 Å². The summed E-state index contributed by atoms with van der Waals surface area (Å²) in [5.74, 6) is 1.55. The van der Waals surface area contributed by atoms with Crippen molar-refractivity contribution in [1.29, 1.82) is 0 Å². The van der Waals surface area contributed by atoms with Crippen LogP contribution in [-0.2, 0) is 20.0 Å². The normalized spacial score (nSPS) is 12.6. The van der Waals surface area contributed by atoms with Crippen LogP contribution >= 0.6 is 22.9 Å². The van der Waals surface area contributed by atoms with Gasteiger partial charge in [-0.05, 0) is 18.4 Å². The molecule has 0 aliphatic rings. The van der Waals surface area contributed by atoms with Crippen LogP contribution in [0.25, 0.3) is 22.5 Å². The Hall–Kier alpha value is -2.35. The number of hydrogen-bond donors (Lipinski definition) is 2. The minimum absolute atomic E-state index is 0.0532. The summed E-state index contributed by atoms with van der Waals surface area (Å²) in [5.41, 5.74) is 9.07. The molecule has 0 aromatic carbocycles. The molecule has 4 heterocycles. The van der Waals surface area contributed by atoms with Crippen LogP contribution in [0.3, 0.4) is 0 Å². The minimum Gasteiger partial charge on any atom is -0.456 e. The van der Waals surface area contributed by atoms with E-state index in [0.717, 1.165) is 22.8 Å². The Balaban J connectivity index is 1.86. The van der Waals surface area contributed by atoms with E-state index in [9.17, 15) is 0 Å². The maximum atomic E-state index is 6.33. The molecule has 27 heavy (non-hydrogen) atoms. The molecule has 8 heteroatoms. The molecule has 0 saturated heterocycles. The summed E-state index contributed by atoms with van der Waals surface area (Å²) in [5, 5.41) is 5.88. The van der Waals surface area contributed by atoms with E-state index >= 15 is 0 Å². The van der Waals surface area contributed by atoms with Crippen LogP contribution in [0.4, 0.5) is 5.69 Å². The molecule has 0 saturated carbocycles. The molecule has 0 bridgehead atoms. The molecule has 1 atom stereocenters. The topological polar surface area (TPSA) is 81.9 Å². The summed E-state index contributed by atoms with van der Waals surface area (Å²) in [6, 6.07) is 5.85. The number of nitrogens with two attached hydrogens (primary N) is 1. The van der Waals surface area contributed by atoms with Crippen molar-refractivity contribution in [2.45, 2.75) is 25.9 Å². The fourth-order valence-electron chi connectivity index (χ4n) is 3.08. The summed E-state index contributed by atoms with van der Waals surface area (Å²) in [6.07, 6.45) is 4.23. The lowest BCUT2D eigenvalue weighted by Gasteiger charge is -2.06. The predicted octanol–water partition coefficient (Wildman–Crippen LogP) is 4.45. The van der Waals surface area contributed by atoms with Crippen molar-refractivity contribution < 1.29 is 4.42 Å². The quantitative estimate of drug-likeness (QED) is 0.466. The second-order valence-electron chi connectivity index (χ2n) is 6.55. The molecule has 0 unspecified atom stereocenters. The van der Waals surface area contributed by atoms with Crippen LogP contribution in [0, 0.1) is 0 Å². The lowest BCUT2D eigenvalue weighted by Crippen LogP contribution is -2.17. The molecule has 0 spiro atoms. The highest BCUT2D eigenvalue weighted by atomic mass is 35.5. The van der Waals surface area contributed by atoms with Crippen molar-refractivity contribution in [3.05, 3.63) is 51.8 Å². The van der Waals surface area contributed by atoms with Crippen LogP contribution in [0.15, 0.2) is 40.4 Å². The molecule has 0 aliphatic carbocycles. The number of anilines is 1. The van der Waals surface area contributed by atoms with Gasteiger partial charge in [-0.25, -0.2) is 9.97 Å². The van der Waals surface area contributed by atoms with E-state index in [1.165, 1.54) is 4.88 Å². The number of pyridine rings is 1. The van der Waals surface area contributed by atoms with Crippen LogP contribution in [0.2, 0.25) is 5.15 Å². The summed E-state index contributed by atoms with van der Waals surface area (Å²) >= 11 is 8.03. The Kier molecular flexibility index (Phi) is 4.90. The van der Waals surface area contributed by atoms with Crippen molar-refractivity contribution in [2.24, 2.45) is 12.8 Å². The highest BCUT2D eigenvalue weighted by Crippen LogP contribution is 2.38. The van der Waals surface area contributed by atoms with Gasteiger partial charge in [-0.2, -0.15) is 0 Å². The van der Waals surface area contributed by atoms with Gasteiger partial charge in [-0.1, -0.05) is 17.7 Å². The zero-order chi connectivity index (χ0) is 19.0. The first kappa shape index (κ1) is 18.0. The second-order valence-corrected chi connectivity index (χ2v) is 7.97. The van der Waals surface area contributed by atoms with E-state index in [2.05, 4.69) is 26.7 Å². The molecule has 4 aromatic heterocycles. The predicted molar refractivity (Wildman–Crippen MR) is 110 cm³/mol. The number of nitrogens with zero attached hydrogens (tertiary/aromatic N) is 3. The Morgan fingerprint density at radius 2 is 2.30 bits per heavy atom. The summed E-state index contributed by atoms with van der Waals surface area (Å²) in [7, 11) is 1.94. The lowest BCUT2D eigenvalue weighted by molar-refractivity contribution is 0.526. The van der Waals surface area contributed by atoms with Gasteiger partial charge >= 0.3 is 0 Å². The van der Waals surface area contributed by atoms with Crippen molar-refractivity contribution in [1.82, 2.24) is 14.5 Å².